The fraction of sp³-hybridized carbons (Fsp3) is 0.333. The molecule has 0 aliphatic rings. The maximum Gasteiger partial charge on any atom is 0.416 e. The van der Waals surface area contributed by atoms with Crippen molar-refractivity contribution in [3.63, 3.8) is 0 Å². The number of ether oxygens (including phenoxy) is 1. The number of hydrogen-bond acceptors (Lipinski definition) is 5. The smallest absolute Gasteiger partial charge is 0.416 e. The van der Waals surface area contributed by atoms with Crippen molar-refractivity contribution in [2.24, 2.45) is 5.73 Å². The van der Waals surface area contributed by atoms with Crippen LogP contribution in [0.1, 0.15) is 23.5 Å². The third-order valence-electron chi connectivity index (χ3n) is 5.60. The van der Waals surface area contributed by atoms with Crippen LogP contribution >= 0.6 is 11.6 Å². The molecule has 0 saturated carbocycles. The number of aromatic nitrogens is 3. The van der Waals surface area contributed by atoms with Gasteiger partial charge in [-0.1, -0.05) is 29.8 Å². The minimum Gasteiger partial charge on any atom is -0.449 e. The largest absolute Gasteiger partial charge is 0.449 e. The van der Waals surface area contributed by atoms with E-state index in [1.54, 1.807) is 0 Å². The first-order chi connectivity index (χ1) is 18.6. The molecule has 1 heterocycles. The number of nitrogens with two attached hydrogens (primary N) is 1. The van der Waals surface area contributed by atoms with Crippen LogP contribution in [0.4, 0.5) is 31.1 Å². The van der Waals surface area contributed by atoms with Crippen LogP contribution in [0.15, 0.2) is 53.3 Å². The van der Waals surface area contributed by atoms with Gasteiger partial charge < -0.3 is 15.8 Å². The van der Waals surface area contributed by atoms with E-state index in [0.29, 0.717) is 9.70 Å². The summed E-state index contributed by atoms with van der Waals surface area (Å²) in [5.41, 5.74) is 3.36. The van der Waals surface area contributed by atoms with Gasteiger partial charge >= 0.3 is 24.1 Å². The lowest BCUT2D eigenvalue weighted by molar-refractivity contribution is -0.138. The number of halogens is 7. The van der Waals surface area contributed by atoms with Gasteiger partial charge in [-0.3, -0.25) is 9.36 Å². The zero-order valence-corrected chi connectivity index (χ0v) is 21.2. The van der Waals surface area contributed by atoms with Gasteiger partial charge in [0.05, 0.1) is 12.0 Å². The van der Waals surface area contributed by atoms with Gasteiger partial charge in [-0.25, -0.2) is 14.3 Å². The molecule has 0 radical (unpaired) electrons. The maximum absolute atomic E-state index is 13.2. The number of nitrogens with zero attached hydrogens (tertiary/aromatic N) is 3. The van der Waals surface area contributed by atoms with Gasteiger partial charge in [-0.15, -0.1) is 5.10 Å². The minimum absolute atomic E-state index is 0.0787. The number of rotatable bonds is 10. The lowest BCUT2D eigenvalue weighted by Crippen LogP contribution is -2.37. The summed E-state index contributed by atoms with van der Waals surface area (Å²) in [7, 11) is 0. The van der Waals surface area contributed by atoms with Gasteiger partial charge in [-0.2, -0.15) is 26.3 Å². The lowest BCUT2D eigenvalue weighted by Gasteiger charge is -2.19. The molecule has 0 spiro atoms. The first-order valence-electron chi connectivity index (χ1n) is 11.5. The Kier molecular flexibility index (Phi) is 9.50. The van der Waals surface area contributed by atoms with Crippen molar-refractivity contribution < 1.29 is 40.7 Å². The normalized spacial score (nSPS) is 12.7. The van der Waals surface area contributed by atoms with Crippen molar-refractivity contribution in [2.75, 3.05) is 13.2 Å². The van der Waals surface area contributed by atoms with E-state index in [4.69, 9.17) is 22.1 Å². The van der Waals surface area contributed by atoms with Crippen LogP contribution in [0, 0.1) is 0 Å². The average molecular weight is 594 g/mol. The maximum atomic E-state index is 13.2. The second-order valence-corrected chi connectivity index (χ2v) is 8.98. The van der Waals surface area contributed by atoms with Crippen LogP contribution in [-0.4, -0.2) is 45.7 Å². The van der Waals surface area contributed by atoms with E-state index in [9.17, 15) is 40.7 Å². The summed E-state index contributed by atoms with van der Waals surface area (Å²) in [4.78, 5) is 36.6. The highest BCUT2D eigenvalue weighted by Gasteiger charge is 2.31. The number of amides is 2. The monoisotopic (exact) mass is 593 g/mol. The molecule has 3 rings (SSSR count). The summed E-state index contributed by atoms with van der Waals surface area (Å²) in [5, 5.41) is 6.77. The molecular formula is C24H22ClF6N5O4. The predicted octanol–water partition coefficient (Wildman–Crippen LogP) is 4.33. The summed E-state index contributed by atoms with van der Waals surface area (Å²) in [5.74, 6) is -1.92. The Morgan fingerprint density at radius 3 is 2.35 bits per heavy atom. The molecule has 40 heavy (non-hydrogen) atoms. The van der Waals surface area contributed by atoms with Crippen LogP contribution in [0.25, 0.3) is 11.4 Å². The van der Waals surface area contributed by atoms with Gasteiger partial charge in [0, 0.05) is 29.6 Å². The second-order valence-electron chi connectivity index (χ2n) is 8.54. The van der Waals surface area contributed by atoms with E-state index in [1.165, 1.54) is 30.3 Å². The Hall–Kier alpha value is -4.01. The highest BCUT2D eigenvalue weighted by atomic mass is 35.5. The van der Waals surface area contributed by atoms with Crippen molar-refractivity contribution in [1.29, 1.82) is 0 Å². The predicted molar refractivity (Wildman–Crippen MR) is 130 cm³/mol. The summed E-state index contributed by atoms with van der Waals surface area (Å²) in [6.07, 6.45) is -11.7. The highest BCUT2D eigenvalue weighted by Crippen LogP contribution is 2.31. The Morgan fingerprint density at radius 1 is 1.07 bits per heavy atom. The molecule has 0 aliphatic carbocycles. The number of hydrogen-bond donors (Lipinski definition) is 2. The van der Waals surface area contributed by atoms with E-state index in [-0.39, 0.29) is 23.5 Å². The van der Waals surface area contributed by atoms with Crippen molar-refractivity contribution in [3.8, 4) is 11.4 Å². The second kappa shape index (κ2) is 12.4. The number of carbonyl (C=O) groups excluding carboxylic acids is 2. The van der Waals surface area contributed by atoms with Crippen molar-refractivity contribution >= 4 is 23.6 Å². The van der Waals surface area contributed by atoms with E-state index in [0.717, 1.165) is 22.8 Å². The molecule has 2 amide bonds. The van der Waals surface area contributed by atoms with Gasteiger partial charge in [0.15, 0.2) is 5.82 Å². The fourth-order valence-electron chi connectivity index (χ4n) is 3.65. The standard InChI is InChI=1S/C24H22ClF6N5O4/c25-18-6-4-14(5-7-18)20-34-36(22(39)35(20)9-8-23(26,27)28)12-19(37)33-11-16(13-40-21(32)38)15-2-1-3-17(10-15)24(29,30)31/h1-7,10,16H,8-9,11-13H2,(H2,32,38)(H,33,37). The first kappa shape index (κ1) is 30.5. The molecule has 9 nitrogen and oxygen atoms in total. The average Bonchev–Trinajstić information content (AvgIpc) is 3.17. The zero-order chi connectivity index (χ0) is 29.7. The van der Waals surface area contributed by atoms with Crippen LogP contribution < -0.4 is 16.7 Å². The van der Waals surface area contributed by atoms with Crippen LogP contribution in [0.2, 0.25) is 5.02 Å². The molecule has 1 unspecified atom stereocenters. The molecule has 0 aliphatic heterocycles. The number of alkyl halides is 6. The summed E-state index contributed by atoms with van der Waals surface area (Å²) in [6, 6.07) is 9.92. The quantitative estimate of drug-likeness (QED) is 0.339. The summed E-state index contributed by atoms with van der Waals surface area (Å²) < 4.78 is 84.2. The van der Waals surface area contributed by atoms with Gasteiger partial charge in [0.25, 0.3) is 0 Å². The summed E-state index contributed by atoms with van der Waals surface area (Å²) in [6.45, 7) is -2.28. The lowest BCUT2D eigenvalue weighted by atomic mass is 9.97. The number of nitrogens with one attached hydrogen (secondary N) is 1. The molecule has 0 saturated heterocycles. The molecule has 3 aromatic rings. The fourth-order valence-corrected chi connectivity index (χ4v) is 3.78. The Morgan fingerprint density at radius 2 is 1.75 bits per heavy atom. The molecule has 16 heteroatoms. The topological polar surface area (TPSA) is 121 Å². The molecule has 1 aromatic heterocycles. The molecule has 2 aromatic carbocycles. The highest BCUT2D eigenvalue weighted by molar-refractivity contribution is 6.30. The zero-order valence-electron chi connectivity index (χ0n) is 20.4. The number of primary amides is 1. The van der Waals surface area contributed by atoms with Crippen molar-refractivity contribution in [2.45, 2.75) is 37.8 Å². The van der Waals surface area contributed by atoms with E-state index in [1.807, 2.05) is 0 Å². The number of benzene rings is 2. The third-order valence-corrected chi connectivity index (χ3v) is 5.85. The minimum atomic E-state index is -4.65. The van der Waals surface area contributed by atoms with Crippen LogP contribution in [-0.2, 0) is 28.8 Å². The Balaban J connectivity index is 1.81. The molecule has 216 valence electrons. The summed E-state index contributed by atoms with van der Waals surface area (Å²) >= 11 is 5.85. The molecule has 0 bridgehead atoms. The molecular weight excluding hydrogens is 572 g/mol. The van der Waals surface area contributed by atoms with Crippen molar-refractivity contribution in [3.05, 3.63) is 75.2 Å². The van der Waals surface area contributed by atoms with Gasteiger partial charge in [0.1, 0.15) is 13.2 Å². The Labute approximate surface area is 227 Å². The third kappa shape index (κ3) is 8.49. The van der Waals surface area contributed by atoms with Crippen LogP contribution in [0.5, 0.6) is 0 Å². The van der Waals surface area contributed by atoms with Crippen molar-refractivity contribution in [1.82, 2.24) is 19.7 Å². The Bertz CT molecular complexity index is 1400. The van der Waals surface area contributed by atoms with Gasteiger partial charge in [-0.05, 0) is 35.9 Å². The first-order valence-corrected chi connectivity index (χ1v) is 11.9. The van der Waals surface area contributed by atoms with E-state index < -0.39 is 67.6 Å². The SMILES string of the molecule is NC(=O)OCC(CNC(=O)Cn1nc(-c2ccc(Cl)cc2)n(CCC(F)(F)F)c1=O)c1cccc(C(F)(F)F)c1. The van der Waals surface area contributed by atoms with Crippen LogP contribution in [0.3, 0.4) is 0 Å². The van der Waals surface area contributed by atoms with Gasteiger partial charge in [0.2, 0.25) is 5.91 Å². The van der Waals surface area contributed by atoms with E-state index in [2.05, 4.69) is 10.4 Å². The molecule has 0 fully saturated rings. The molecule has 1 atom stereocenters. The molecule has 3 N–H and O–H groups in total. The van der Waals surface area contributed by atoms with E-state index >= 15 is 0 Å². The number of carbonyl (C=O) groups is 2.